The summed E-state index contributed by atoms with van der Waals surface area (Å²) in [5.41, 5.74) is 1.01. The Balaban J connectivity index is 1.55. The molecule has 0 bridgehead atoms. The van der Waals surface area contributed by atoms with Gasteiger partial charge in [0, 0.05) is 30.6 Å². The van der Waals surface area contributed by atoms with E-state index in [1.807, 2.05) is 26.0 Å². The predicted molar refractivity (Wildman–Crippen MR) is 101 cm³/mol. The standard InChI is InChI=1S/C20H22N2O5/c1-12-8-19(23)27-18-9-14(4-6-16(12)18)25-11-13(2)22-10-15-5-7-17(26-15)20(24)21-3/h4-9,13,22H,10-11H2,1-3H3,(H,21,24). The molecule has 2 N–H and O–H groups in total. The molecule has 0 fully saturated rings. The first kappa shape index (κ1) is 18.7. The van der Waals surface area contributed by atoms with E-state index >= 15 is 0 Å². The molecule has 2 aromatic heterocycles. The van der Waals surface area contributed by atoms with Crippen LogP contribution in [0.5, 0.6) is 5.75 Å². The van der Waals surface area contributed by atoms with Gasteiger partial charge in [-0.1, -0.05) is 0 Å². The van der Waals surface area contributed by atoms with E-state index < -0.39 is 0 Å². The van der Waals surface area contributed by atoms with Crippen LogP contribution in [0.2, 0.25) is 0 Å². The van der Waals surface area contributed by atoms with Gasteiger partial charge in [0.05, 0.1) is 6.54 Å². The van der Waals surface area contributed by atoms with Crippen LogP contribution in [0.25, 0.3) is 11.0 Å². The molecule has 0 spiro atoms. The number of rotatable bonds is 7. The Morgan fingerprint density at radius 3 is 2.78 bits per heavy atom. The first-order valence-electron chi connectivity index (χ1n) is 8.67. The van der Waals surface area contributed by atoms with Crippen LogP contribution in [0.15, 0.2) is 50.0 Å². The number of benzene rings is 1. The zero-order valence-electron chi connectivity index (χ0n) is 15.5. The third-order valence-electron chi connectivity index (χ3n) is 4.16. The van der Waals surface area contributed by atoms with Crippen molar-refractivity contribution in [3.63, 3.8) is 0 Å². The van der Waals surface area contributed by atoms with Crippen molar-refractivity contribution in [2.24, 2.45) is 0 Å². The van der Waals surface area contributed by atoms with E-state index in [1.54, 1.807) is 25.2 Å². The van der Waals surface area contributed by atoms with Gasteiger partial charge in [-0.3, -0.25) is 4.79 Å². The van der Waals surface area contributed by atoms with Crippen molar-refractivity contribution in [2.45, 2.75) is 26.4 Å². The molecule has 3 rings (SSSR count). The van der Waals surface area contributed by atoms with E-state index in [0.29, 0.717) is 30.2 Å². The lowest BCUT2D eigenvalue weighted by molar-refractivity contribution is 0.0933. The van der Waals surface area contributed by atoms with E-state index in [-0.39, 0.29) is 23.3 Å². The lowest BCUT2D eigenvalue weighted by Gasteiger charge is -2.14. The van der Waals surface area contributed by atoms with Crippen LogP contribution in [-0.2, 0) is 6.54 Å². The van der Waals surface area contributed by atoms with Crippen LogP contribution < -0.4 is 21.0 Å². The Kier molecular flexibility index (Phi) is 5.61. The maximum Gasteiger partial charge on any atom is 0.336 e. The molecule has 0 aliphatic heterocycles. The van der Waals surface area contributed by atoms with Gasteiger partial charge in [0.2, 0.25) is 0 Å². The number of ether oxygens (including phenoxy) is 1. The van der Waals surface area contributed by atoms with Crippen LogP contribution in [-0.4, -0.2) is 25.6 Å². The monoisotopic (exact) mass is 370 g/mol. The third kappa shape index (κ3) is 4.57. The first-order valence-corrected chi connectivity index (χ1v) is 8.67. The van der Waals surface area contributed by atoms with Crippen LogP contribution >= 0.6 is 0 Å². The molecule has 1 aromatic carbocycles. The Bertz CT molecular complexity index is 1010. The van der Waals surface area contributed by atoms with Crippen molar-refractivity contribution in [1.82, 2.24) is 10.6 Å². The van der Waals surface area contributed by atoms with Crippen molar-refractivity contribution in [3.05, 3.63) is 63.9 Å². The number of fused-ring (bicyclic) bond motifs is 1. The highest BCUT2D eigenvalue weighted by atomic mass is 16.5. The van der Waals surface area contributed by atoms with Crippen LogP contribution in [0, 0.1) is 6.92 Å². The Labute approximate surface area is 156 Å². The maximum absolute atomic E-state index is 11.5. The van der Waals surface area contributed by atoms with Crippen molar-refractivity contribution in [2.75, 3.05) is 13.7 Å². The molecule has 1 atom stereocenters. The number of nitrogens with one attached hydrogen (secondary N) is 2. The minimum absolute atomic E-state index is 0.0405. The molecule has 0 saturated carbocycles. The molecule has 0 aliphatic carbocycles. The smallest absolute Gasteiger partial charge is 0.336 e. The number of hydrogen-bond acceptors (Lipinski definition) is 6. The molecule has 0 aliphatic rings. The molecule has 0 saturated heterocycles. The molecular formula is C20H22N2O5. The molecule has 1 amide bonds. The topological polar surface area (TPSA) is 93.7 Å². The second-order valence-electron chi connectivity index (χ2n) is 6.34. The summed E-state index contributed by atoms with van der Waals surface area (Å²) >= 11 is 0. The van der Waals surface area contributed by atoms with Crippen molar-refractivity contribution < 1.29 is 18.4 Å². The third-order valence-corrected chi connectivity index (χ3v) is 4.16. The second kappa shape index (κ2) is 8.09. The lowest BCUT2D eigenvalue weighted by atomic mass is 10.1. The average molecular weight is 370 g/mol. The zero-order chi connectivity index (χ0) is 19.4. The molecule has 7 nitrogen and oxygen atoms in total. The molecule has 7 heteroatoms. The summed E-state index contributed by atoms with van der Waals surface area (Å²) in [7, 11) is 1.56. The maximum atomic E-state index is 11.5. The zero-order valence-corrected chi connectivity index (χ0v) is 15.5. The van der Waals surface area contributed by atoms with Crippen LogP contribution in [0.3, 0.4) is 0 Å². The van der Waals surface area contributed by atoms with Crippen molar-refractivity contribution in [1.29, 1.82) is 0 Å². The SMILES string of the molecule is CNC(=O)c1ccc(CNC(C)COc2ccc3c(C)cc(=O)oc3c2)o1. The molecule has 142 valence electrons. The fraction of sp³-hybridized carbons (Fsp3) is 0.300. The lowest BCUT2D eigenvalue weighted by Crippen LogP contribution is -2.31. The van der Waals surface area contributed by atoms with Gasteiger partial charge < -0.3 is 24.2 Å². The van der Waals surface area contributed by atoms with E-state index in [9.17, 15) is 9.59 Å². The first-order chi connectivity index (χ1) is 13.0. The van der Waals surface area contributed by atoms with E-state index in [1.165, 1.54) is 6.07 Å². The highest BCUT2D eigenvalue weighted by molar-refractivity contribution is 5.91. The molecular weight excluding hydrogens is 348 g/mol. The minimum Gasteiger partial charge on any atom is -0.492 e. The average Bonchev–Trinajstić information content (AvgIpc) is 3.12. The van der Waals surface area contributed by atoms with E-state index in [0.717, 1.165) is 10.9 Å². The second-order valence-corrected chi connectivity index (χ2v) is 6.34. The molecule has 27 heavy (non-hydrogen) atoms. The highest BCUT2D eigenvalue weighted by Gasteiger charge is 2.11. The quantitative estimate of drug-likeness (QED) is 0.621. The molecule has 0 radical (unpaired) electrons. The summed E-state index contributed by atoms with van der Waals surface area (Å²) in [6.45, 7) is 4.75. The summed E-state index contributed by atoms with van der Waals surface area (Å²) in [6.07, 6.45) is 0. The van der Waals surface area contributed by atoms with E-state index in [4.69, 9.17) is 13.6 Å². The minimum atomic E-state index is -0.373. The van der Waals surface area contributed by atoms with Gasteiger partial charge in [-0.25, -0.2) is 4.79 Å². The number of hydrogen-bond donors (Lipinski definition) is 2. The summed E-state index contributed by atoms with van der Waals surface area (Å²) in [5.74, 6) is 1.33. The summed E-state index contributed by atoms with van der Waals surface area (Å²) < 4.78 is 16.5. The Hall–Kier alpha value is -3.06. The summed E-state index contributed by atoms with van der Waals surface area (Å²) in [4.78, 5) is 23.0. The normalized spacial score (nSPS) is 12.1. The highest BCUT2D eigenvalue weighted by Crippen LogP contribution is 2.22. The van der Waals surface area contributed by atoms with Gasteiger partial charge >= 0.3 is 5.63 Å². The predicted octanol–water partition coefficient (Wildman–Crippen LogP) is 2.61. The number of furan rings is 1. The van der Waals surface area contributed by atoms with Gasteiger partial charge in [0.25, 0.3) is 5.91 Å². The van der Waals surface area contributed by atoms with E-state index in [2.05, 4.69) is 10.6 Å². The van der Waals surface area contributed by atoms with Gasteiger partial charge in [-0.05, 0) is 43.7 Å². The molecule has 3 aromatic rings. The summed E-state index contributed by atoms with van der Waals surface area (Å²) in [6, 6.07) is 10.4. The molecule has 2 heterocycles. The van der Waals surface area contributed by atoms with Crippen molar-refractivity contribution >= 4 is 16.9 Å². The Morgan fingerprint density at radius 1 is 1.19 bits per heavy atom. The Morgan fingerprint density at radius 2 is 2.00 bits per heavy atom. The summed E-state index contributed by atoms with van der Waals surface area (Å²) in [5, 5.41) is 6.67. The number of carbonyl (C=O) groups excluding carboxylic acids is 1. The van der Waals surface area contributed by atoms with Crippen LogP contribution in [0.4, 0.5) is 0 Å². The van der Waals surface area contributed by atoms with Gasteiger partial charge in [0.1, 0.15) is 23.7 Å². The fourth-order valence-electron chi connectivity index (χ4n) is 2.67. The van der Waals surface area contributed by atoms with Gasteiger partial charge in [-0.2, -0.15) is 0 Å². The number of amides is 1. The van der Waals surface area contributed by atoms with Gasteiger partial charge in [-0.15, -0.1) is 0 Å². The fourth-order valence-corrected chi connectivity index (χ4v) is 2.67. The number of carbonyl (C=O) groups is 1. The molecule has 1 unspecified atom stereocenters. The van der Waals surface area contributed by atoms with Crippen molar-refractivity contribution in [3.8, 4) is 5.75 Å². The van der Waals surface area contributed by atoms with Gasteiger partial charge in [0.15, 0.2) is 5.76 Å². The largest absolute Gasteiger partial charge is 0.492 e. The number of aryl methyl sites for hydroxylation is 1. The van der Waals surface area contributed by atoms with Crippen LogP contribution in [0.1, 0.15) is 28.8 Å².